The molecule has 0 unspecified atom stereocenters. The van der Waals surface area contributed by atoms with Gasteiger partial charge in [0.2, 0.25) is 0 Å². The molecule has 0 radical (unpaired) electrons. The van der Waals surface area contributed by atoms with Crippen molar-refractivity contribution in [3.05, 3.63) is 101 Å². The summed E-state index contributed by atoms with van der Waals surface area (Å²) in [4.78, 5) is 35.6. The highest BCUT2D eigenvalue weighted by atomic mass is 35.5. The van der Waals surface area contributed by atoms with E-state index in [2.05, 4.69) is 15.8 Å². The summed E-state index contributed by atoms with van der Waals surface area (Å²) in [7, 11) is 0. The first-order chi connectivity index (χ1) is 15.5. The van der Waals surface area contributed by atoms with Gasteiger partial charge >= 0.3 is 17.8 Å². The van der Waals surface area contributed by atoms with Crippen molar-refractivity contribution < 1.29 is 19.1 Å². The fourth-order valence-corrected chi connectivity index (χ4v) is 2.64. The summed E-state index contributed by atoms with van der Waals surface area (Å²) in [5, 5.41) is 6.45. The minimum atomic E-state index is -0.947. The third-order valence-corrected chi connectivity index (χ3v) is 4.35. The van der Waals surface area contributed by atoms with Crippen LogP contribution in [0.1, 0.15) is 11.1 Å². The average Bonchev–Trinajstić information content (AvgIpc) is 2.81. The van der Waals surface area contributed by atoms with Crippen molar-refractivity contribution in [3.63, 3.8) is 0 Å². The Hall–Kier alpha value is -4.23. The number of rotatable bonds is 6. The van der Waals surface area contributed by atoms with Gasteiger partial charge in [-0.1, -0.05) is 54.1 Å². The molecule has 0 fully saturated rings. The van der Waals surface area contributed by atoms with Crippen molar-refractivity contribution in [3.8, 4) is 5.75 Å². The van der Waals surface area contributed by atoms with Crippen LogP contribution in [0, 0.1) is 0 Å². The number of hydrogen-bond donors (Lipinski definition) is 2. The number of hydrogen-bond acceptors (Lipinski definition) is 5. The van der Waals surface area contributed by atoms with Gasteiger partial charge in [-0.05, 0) is 53.6 Å². The SMILES string of the molecule is O=C(/C=C/c1ccccc1)Oc1ccc(/C=N\NC(=O)C(=O)Nc2ccccc2Cl)cc1. The molecule has 0 aliphatic carbocycles. The maximum Gasteiger partial charge on any atom is 0.336 e. The molecular formula is C24H18ClN3O4. The lowest BCUT2D eigenvalue weighted by molar-refractivity contribution is -0.136. The van der Waals surface area contributed by atoms with Crippen LogP contribution in [0.4, 0.5) is 5.69 Å². The van der Waals surface area contributed by atoms with Gasteiger partial charge in [0.15, 0.2) is 0 Å². The smallest absolute Gasteiger partial charge is 0.336 e. The second kappa shape index (κ2) is 11.2. The van der Waals surface area contributed by atoms with Gasteiger partial charge in [0.1, 0.15) is 5.75 Å². The Morgan fingerprint density at radius 1 is 0.812 bits per heavy atom. The number of esters is 1. The number of anilines is 1. The van der Waals surface area contributed by atoms with Gasteiger partial charge in [0.25, 0.3) is 0 Å². The standard InChI is InChI=1S/C24H18ClN3O4/c25-20-8-4-5-9-21(20)27-23(30)24(31)28-26-16-18-10-13-19(14-11-18)32-22(29)15-12-17-6-2-1-3-7-17/h1-16H,(H,27,30)(H,28,31)/b15-12+,26-16-. The van der Waals surface area contributed by atoms with Crippen LogP contribution in [0.25, 0.3) is 6.08 Å². The van der Waals surface area contributed by atoms with E-state index in [1.54, 1.807) is 54.6 Å². The van der Waals surface area contributed by atoms with Gasteiger partial charge in [-0.25, -0.2) is 10.2 Å². The van der Waals surface area contributed by atoms with E-state index in [4.69, 9.17) is 16.3 Å². The van der Waals surface area contributed by atoms with E-state index in [9.17, 15) is 14.4 Å². The summed E-state index contributed by atoms with van der Waals surface area (Å²) in [5.74, 6) is -2.00. The van der Waals surface area contributed by atoms with Gasteiger partial charge in [0, 0.05) is 6.08 Å². The van der Waals surface area contributed by atoms with Crippen molar-refractivity contribution in [2.24, 2.45) is 5.10 Å². The molecule has 0 aliphatic rings. The summed E-state index contributed by atoms with van der Waals surface area (Å²) in [6, 6.07) is 22.4. The van der Waals surface area contributed by atoms with Gasteiger partial charge in [0.05, 0.1) is 16.9 Å². The van der Waals surface area contributed by atoms with E-state index in [0.29, 0.717) is 22.0 Å². The summed E-state index contributed by atoms with van der Waals surface area (Å²) in [6.45, 7) is 0. The minimum Gasteiger partial charge on any atom is -0.423 e. The van der Waals surface area contributed by atoms with Gasteiger partial charge in [-0.3, -0.25) is 9.59 Å². The molecule has 0 bridgehead atoms. The molecule has 0 aliphatic heterocycles. The zero-order valence-electron chi connectivity index (χ0n) is 16.7. The fourth-order valence-electron chi connectivity index (χ4n) is 2.46. The van der Waals surface area contributed by atoms with Crippen LogP contribution in [0.15, 0.2) is 90.0 Å². The topological polar surface area (TPSA) is 96.9 Å². The van der Waals surface area contributed by atoms with Crippen LogP contribution in [-0.2, 0) is 14.4 Å². The lowest BCUT2D eigenvalue weighted by Gasteiger charge is -2.05. The number of amides is 2. The van der Waals surface area contributed by atoms with Crippen LogP contribution >= 0.6 is 11.6 Å². The van der Waals surface area contributed by atoms with Crippen LogP contribution < -0.4 is 15.5 Å². The number of ether oxygens (including phenoxy) is 1. The normalized spacial score (nSPS) is 10.8. The molecule has 8 heteroatoms. The number of benzene rings is 3. The molecule has 0 atom stereocenters. The molecule has 0 saturated carbocycles. The molecule has 2 N–H and O–H groups in total. The molecule has 32 heavy (non-hydrogen) atoms. The first-order valence-electron chi connectivity index (χ1n) is 9.45. The number of nitrogens with zero attached hydrogens (tertiary/aromatic N) is 1. The largest absolute Gasteiger partial charge is 0.423 e. The highest BCUT2D eigenvalue weighted by Crippen LogP contribution is 2.20. The van der Waals surface area contributed by atoms with Gasteiger partial charge < -0.3 is 10.1 Å². The molecule has 0 spiro atoms. The van der Waals surface area contributed by atoms with E-state index in [-0.39, 0.29) is 0 Å². The van der Waals surface area contributed by atoms with E-state index in [1.165, 1.54) is 12.3 Å². The Morgan fingerprint density at radius 2 is 1.50 bits per heavy atom. The van der Waals surface area contributed by atoms with Crippen LogP contribution in [0.3, 0.4) is 0 Å². The Morgan fingerprint density at radius 3 is 2.22 bits per heavy atom. The summed E-state index contributed by atoms with van der Waals surface area (Å²) < 4.78 is 5.23. The number of hydrazone groups is 1. The van der Waals surface area contributed by atoms with Crippen molar-refractivity contribution in [2.75, 3.05) is 5.32 Å². The molecule has 160 valence electrons. The van der Waals surface area contributed by atoms with E-state index in [1.807, 2.05) is 30.3 Å². The van der Waals surface area contributed by atoms with Crippen LogP contribution in [0.2, 0.25) is 5.02 Å². The van der Waals surface area contributed by atoms with Crippen molar-refractivity contribution in [1.82, 2.24) is 5.43 Å². The van der Waals surface area contributed by atoms with Crippen molar-refractivity contribution >= 4 is 47.4 Å². The second-order valence-electron chi connectivity index (χ2n) is 6.37. The molecule has 0 aromatic heterocycles. The monoisotopic (exact) mass is 447 g/mol. The average molecular weight is 448 g/mol. The molecule has 3 rings (SSSR count). The zero-order valence-corrected chi connectivity index (χ0v) is 17.5. The summed E-state index contributed by atoms with van der Waals surface area (Å²) >= 11 is 5.94. The number of nitrogens with one attached hydrogen (secondary N) is 2. The van der Waals surface area contributed by atoms with E-state index in [0.717, 1.165) is 5.56 Å². The van der Waals surface area contributed by atoms with Crippen LogP contribution in [-0.4, -0.2) is 24.0 Å². The molecule has 2 amide bonds. The Bertz CT molecular complexity index is 1160. The first-order valence-corrected chi connectivity index (χ1v) is 9.83. The Labute approximate surface area is 189 Å². The minimum absolute atomic E-state index is 0.313. The highest BCUT2D eigenvalue weighted by Gasteiger charge is 2.14. The first kappa shape index (κ1) is 22.5. The molecule has 7 nitrogen and oxygen atoms in total. The molecule has 3 aromatic rings. The number of carbonyl (C=O) groups is 3. The number of para-hydroxylation sites is 1. The number of carbonyl (C=O) groups excluding carboxylic acids is 3. The maximum absolute atomic E-state index is 11.9. The van der Waals surface area contributed by atoms with Gasteiger partial charge in [-0.2, -0.15) is 5.10 Å². The van der Waals surface area contributed by atoms with Crippen molar-refractivity contribution in [1.29, 1.82) is 0 Å². The Kier molecular flexibility index (Phi) is 7.89. The predicted octanol–water partition coefficient (Wildman–Crippen LogP) is 4.05. The number of halogens is 1. The quantitative estimate of drug-likeness (QED) is 0.149. The highest BCUT2D eigenvalue weighted by molar-refractivity contribution is 6.41. The summed E-state index contributed by atoms with van der Waals surface area (Å²) in [5.41, 5.74) is 3.96. The Balaban J connectivity index is 1.48. The third-order valence-electron chi connectivity index (χ3n) is 4.02. The maximum atomic E-state index is 11.9. The van der Waals surface area contributed by atoms with Crippen molar-refractivity contribution in [2.45, 2.75) is 0 Å². The predicted molar refractivity (Wildman–Crippen MR) is 123 cm³/mol. The molecule has 0 saturated heterocycles. The molecular weight excluding hydrogens is 430 g/mol. The molecule has 0 heterocycles. The zero-order chi connectivity index (χ0) is 22.8. The van der Waals surface area contributed by atoms with E-state index >= 15 is 0 Å². The van der Waals surface area contributed by atoms with Gasteiger partial charge in [-0.15, -0.1) is 0 Å². The molecule has 3 aromatic carbocycles. The fraction of sp³-hybridized carbons (Fsp3) is 0. The van der Waals surface area contributed by atoms with Crippen LogP contribution in [0.5, 0.6) is 5.75 Å². The second-order valence-corrected chi connectivity index (χ2v) is 6.77. The van der Waals surface area contributed by atoms with E-state index < -0.39 is 17.8 Å². The lowest BCUT2D eigenvalue weighted by Crippen LogP contribution is -2.32. The summed E-state index contributed by atoms with van der Waals surface area (Å²) in [6.07, 6.45) is 4.35. The third kappa shape index (κ3) is 6.93. The lowest BCUT2D eigenvalue weighted by atomic mass is 10.2.